The highest BCUT2D eigenvalue weighted by molar-refractivity contribution is 8.00. The van der Waals surface area contributed by atoms with Gasteiger partial charge in [0.05, 0.1) is 5.25 Å². The molecule has 0 radical (unpaired) electrons. The summed E-state index contributed by atoms with van der Waals surface area (Å²) in [5.74, 6) is 0.923. The van der Waals surface area contributed by atoms with E-state index in [0.29, 0.717) is 0 Å². The molecule has 5 nitrogen and oxygen atoms in total. The van der Waals surface area contributed by atoms with Crippen LogP contribution in [0, 0.1) is 6.92 Å². The minimum atomic E-state index is -0.160. The summed E-state index contributed by atoms with van der Waals surface area (Å²) in [4.78, 5) is 12.1. The average molecular weight is 308 g/mol. The second-order valence-corrected chi connectivity index (χ2v) is 6.81. The van der Waals surface area contributed by atoms with Gasteiger partial charge in [-0.25, -0.2) is 0 Å². The molecule has 1 aliphatic rings. The molecule has 1 aliphatic carbocycles. The first kappa shape index (κ1) is 16.1. The van der Waals surface area contributed by atoms with Gasteiger partial charge in [-0.15, -0.1) is 10.2 Å². The molecule has 1 heterocycles. The number of hydrogen-bond donors (Lipinski definition) is 1. The molecule has 0 aliphatic heterocycles. The van der Waals surface area contributed by atoms with Crippen LogP contribution in [-0.2, 0) is 11.8 Å². The van der Waals surface area contributed by atoms with Crippen molar-refractivity contribution in [1.29, 1.82) is 0 Å². The lowest BCUT2D eigenvalue weighted by atomic mass is 9.97. The molecule has 0 unspecified atom stereocenters. The first-order valence-corrected chi connectivity index (χ1v) is 8.44. The molecule has 0 fully saturated rings. The van der Waals surface area contributed by atoms with E-state index in [-0.39, 0.29) is 11.2 Å². The van der Waals surface area contributed by atoms with Crippen LogP contribution >= 0.6 is 11.8 Å². The van der Waals surface area contributed by atoms with Gasteiger partial charge in [0.1, 0.15) is 5.82 Å². The third kappa shape index (κ3) is 4.59. The fourth-order valence-electron chi connectivity index (χ4n) is 2.32. The van der Waals surface area contributed by atoms with Gasteiger partial charge in [-0.2, -0.15) is 0 Å². The summed E-state index contributed by atoms with van der Waals surface area (Å²) in [6.07, 6.45) is 8.29. The van der Waals surface area contributed by atoms with Crippen molar-refractivity contribution in [3.63, 3.8) is 0 Å². The van der Waals surface area contributed by atoms with Crippen molar-refractivity contribution in [3.05, 3.63) is 17.5 Å². The third-order valence-corrected chi connectivity index (χ3v) is 4.97. The van der Waals surface area contributed by atoms with Gasteiger partial charge in [-0.05, 0) is 46.0 Å². The summed E-state index contributed by atoms with van der Waals surface area (Å²) >= 11 is 1.45. The van der Waals surface area contributed by atoms with Crippen LogP contribution in [0.2, 0.25) is 0 Å². The van der Waals surface area contributed by atoms with Gasteiger partial charge < -0.3 is 9.88 Å². The zero-order valence-electron chi connectivity index (χ0n) is 13.1. The number of allylic oxidation sites excluding steroid dienone is 1. The Kier molecular flexibility index (Phi) is 5.85. The van der Waals surface area contributed by atoms with E-state index in [4.69, 9.17) is 0 Å². The summed E-state index contributed by atoms with van der Waals surface area (Å²) < 4.78 is 1.90. The molecule has 1 atom stereocenters. The van der Waals surface area contributed by atoms with E-state index in [1.165, 1.54) is 43.0 Å². The van der Waals surface area contributed by atoms with Crippen LogP contribution in [0.1, 0.15) is 44.9 Å². The Labute approximate surface area is 130 Å². The highest BCUT2D eigenvalue weighted by Crippen LogP contribution is 2.22. The Morgan fingerprint density at radius 3 is 2.90 bits per heavy atom. The quantitative estimate of drug-likeness (QED) is 0.648. The highest BCUT2D eigenvalue weighted by atomic mass is 32.2. The highest BCUT2D eigenvalue weighted by Gasteiger charge is 2.17. The number of thioether (sulfide) groups is 1. The normalized spacial score (nSPS) is 16.4. The molecule has 6 heteroatoms. The fraction of sp³-hybridized carbons (Fsp3) is 0.667. The molecular weight excluding hydrogens is 284 g/mol. The monoisotopic (exact) mass is 308 g/mol. The first-order chi connectivity index (χ1) is 10.1. The van der Waals surface area contributed by atoms with Crippen LogP contribution in [0.5, 0.6) is 0 Å². The van der Waals surface area contributed by atoms with Crippen molar-refractivity contribution in [3.8, 4) is 0 Å². The Morgan fingerprint density at radius 2 is 2.29 bits per heavy atom. The molecule has 1 aromatic heterocycles. The minimum absolute atomic E-state index is 0.0667. The minimum Gasteiger partial charge on any atom is -0.355 e. The summed E-state index contributed by atoms with van der Waals surface area (Å²) in [7, 11) is 1.91. The first-order valence-electron chi connectivity index (χ1n) is 7.56. The summed E-state index contributed by atoms with van der Waals surface area (Å²) in [5, 5.41) is 11.7. The topological polar surface area (TPSA) is 59.8 Å². The number of rotatable bonds is 6. The van der Waals surface area contributed by atoms with E-state index in [0.717, 1.165) is 23.9 Å². The average Bonchev–Trinajstić information content (AvgIpc) is 2.80. The molecule has 1 amide bonds. The lowest BCUT2D eigenvalue weighted by molar-refractivity contribution is -0.120. The maximum absolute atomic E-state index is 12.1. The van der Waals surface area contributed by atoms with Crippen LogP contribution in [0.4, 0.5) is 0 Å². The Bertz CT molecular complexity index is 524. The van der Waals surface area contributed by atoms with Crippen molar-refractivity contribution in [1.82, 2.24) is 20.1 Å². The zero-order valence-corrected chi connectivity index (χ0v) is 13.9. The Balaban J connectivity index is 1.74. The van der Waals surface area contributed by atoms with Crippen molar-refractivity contribution in [2.24, 2.45) is 7.05 Å². The zero-order chi connectivity index (χ0) is 15.2. The second kappa shape index (κ2) is 7.64. The van der Waals surface area contributed by atoms with Crippen molar-refractivity contribution >= 4 is 17.7 Å². The van der Waals surface area contributed by atoms with Gasteiger partial charge in [-0.3, -0.25) is 4.79 Å². The van der Waals surface area contributed by atoms with E-state index >= 15 is 0 Å². The molecule has 0 saturated heterocycles. The Hall–Kier alpha value is -1.30. The van der Waals surface area contributed by atoms with Crippen LogP contribution < -0.4 is 5.32 Å². The number of nitrogens with one attached hydrogen (secondary N) is 1. The largest absolute Gasteiger partial charge is 0.355 e. The van der Waals surface area contributed by atoms with Gasteiger partial charge in [0.2, 0.25) is 5.91 Å². The van der Waals surface area contributed by atoms with Gasteiger partial charge in [0.25, 0.3) is 0 Å². The number of hydrogen-bond acceptors (Lipinski definition) is 4. The lowest BCUT2D eigenvalue weighted by Crippen LogP contribution is -2.32. The van der Waals surface area contributed by atoms with E-state index in [1.54, 1.807) is 0 Å². The van der Waals surface area contributed by atoms with Crippen molar-refractivity contribution in [2.45, 2.75) is 56.4 Å². The second-order valence-electron chi connectivity index (χ2n) is 5.50. The number of carbonyl (C=O) groups excluding carboxylic acids is 1. The molecule has 2 rings (SSSR count). The molecule has 0 bridgehead atoms. The van der Waals surface area contributed by atoms with Crippen LogP contribution in [-0.4, -0.2) is 32.5 Å². The summed E-state index contributed by atoms with van der Waals surface area (Å²) in [5.41, 5.74) is 1.49. The smallest absolute Gasteiger partial charge is 0.233 e. The number of aryl methyl sites for hydroxylation is 1. The maximum atomic E-state index is 12.1. The molecule has 21 heavy (non-hydrogen) atoms. The molecule has 0 spiro atoms. The molecule has 0 aromatic carbocycles. The maximum Gasteiger partial charge on any atom is 0.233 e. The van der Waals surface area contributed by atoms with Crippen molar-refractivity contribution < 1.29 is 4.79 Å². The fourth-order valence-corrected chi connectivity index (χ4v) is 3.21. The number of aromatic nitrogens is 3. The predicted octanol–water partition coefficient (Wildman–Crippen LogP) is 2.61. The molecule has 116 valence electrons. The van der Waals surface area contributed by atoms with E-state index in [9.17, 15) is 4.79 Å². The van der Waals surface area contributed by atoms with Crippen molar-refractivity contribution in [2.75, 3.05) is 6.54 Å². The van der Waals surface area contributed by atoms with Crippen LogP contribution in [0.15, 0.2) is 16.8 Å². The third-order valence-electron chi connectivity index (χ3n) is 3.83. The standard InChI is InChI=1S/C15H24N4OS/c1-11(21-15-18-17-12(2)19(15)3)14(20)16-10-9-13-7-5-4-6-8-13/h7,11H,4-6,8-10H2,1-3H3,(H,16,20)/t11-/m0/s1. The van der Waals surface area contributed by atoms with E-state index in [1.807, 2.05) is 25.5 Å². The van der Waals surface area contributed by atoms with Crippen LogP contribution in [0.25, 0.3) is 0 Å². The van der Waals surface area contributed by atoms with E-state index < -0.39 is 0 Å². The van der Waals surface area contributed by atoms with Crippen LogP contribution in [0.3, 0.4) is 0 Å². The van der Waals surface area contributed by atoms with Gasteiger partial charge in [0.15, 0.2) is 5.16 Å². The molecule has 0 saturated carbocycles. The molecule has 1 aromatic rings. The van der Waals surface area contributed by atoms with Gasteiger partial charge >= 0.3 is 0 Å². The number of amides is 1. The van der Waals surface area contributed by atoms with E-state index in [2.05, 4.69) is 21.6 Å². The molecular formula is C15H24N4OS. The molecule has 1 N–H and O–H groups in total. The Morgan fingerprint density at radius 1 is 1.48 bits per heavy atom. The number of carbonyl (C=O) groups is 1. The van der Waals surface area contributed by atoms with Gasteiger partial charge in [0, 0.05) is 13.6 Å². The SMILES string of the molecule is Cc1nnc(S[C@@H](C)C(=O)NCCC2=CCCCC2)n1C. The summed E-state index contributed by atoms with van der Waals surface area (Å²) in [6, 6.07) is 0. The lowest BCUT2D eigenvalue weighted by Gasteiger charge is -2.14. The van der Waals surface area contributed by atoms with Gasteiger partial charge in [-0.1, -0.05) is 23.4 Å². The summed E-state index contributed by atoms with van der Waals surface area (Å²) in [6.45, 7) is 4.54. The predicted molar refractivity (Wildman–Crippen MR) is 85.2 cm³/mol. The number of nitrogens with zero attached hydrogens (tertiary/aromatic N) is 3.